The lowest BCUT2D eigenvalue weighted by molar-refractivity contribution is 0.128. The van der Waals surface area contributed by atoms with E-state index in [9.17, 15) is 4.79 Å². The van der Waals surface area contributed by atoms with Crippen molar-refractivity contribution in [2.75, 3.05) is 25.0 Å². The van der Waals surface area contributed by atoms with Crippen LogP contribution in [0.15, 0.2) is 66.7 Å². The zero-order valence-electron chi connectivity index (χ0n) is 20.0. The third-order valence-corrected chi connectivity index (χ3v) is 7.52. The number of urea groups is 1. The number of amides is 2. The van der Waals surface area contributed by atoms with Crippen molar-refractivity contribution in [2.24, 2.45) is 0 Å². The summed E-state index contributed by atoms with van der Waals surface area (Å²) in [6.45, 7) is 6.97. The van der Waals surface area contributed by atoms with E-state index in [0.717, 1.165) is 42.1 Å². The summed E-state index contributed by atoms with van der Waals surface area (Å²) >= 11 is 18.3. The molecule has 0 aliphatic carbocycles. The molecular formula is C28H30Cl3N3O. The van der Waals surface area contributed by atoms with E-state index in [1.165, 1.54) is 5.56 Å². The second-order valence-corrected chi connectivity index (χ2v) is 10.8. The highest BCUT2D eigenvalue weighted by atomic mass is 35.5. The van der Waals surface area contributed by atoms with Crippen LogP contribution in [0, 0.1) is 0 Å². The summed E-state index contributed by atoms with van der Waals surface area (Å²) in [6, 6.07) is 21.8. The molecule has 4 rings (SSSR count). The van der Waals surface area contributed by atoms with Crippen molar-refractivity contribution in [2.45, 2.75) is 38.1 Å². The maximum Gasteiger partial charge on any atom is 0.319 e. The molecule has 1 fully saturated rings. The molecule has 0 spiro atoms. The molecule has 0 saturated carbocycles. The van der Waals surface area contributed by atoms with Crippen molar-refractivity contribution in [1.29, 1.82) is 0 Å². The van der Waals surface area contributed by atoms with Crippen LogP contribution in [0.5, 0.6) is 0 Å². The van der Waals surface area contributed by atoms with Gasteiger partial charge in [-0.3, -0.25) is 0 Å². The zero-order chi connectivity index (χ0) is 25.0. The van der Waals surface area contributed by atoms with Crippen molar-refractivity contribution < 1.29 is 4.79 Å². The highest BCUT2D eigenvalue weighted by Gasteiger charge is 2.37. The standard InChI is InChI=1S/C28H30Cl3N3O/c1-19(2)34-12-10-28(11-13-34,18-32-27(35)33-26-16-24(30)15-25(31)17-26)22-8-6-20(7-9-22)21-4-3-5-23(29)14-21/h3-9,14-17,19H,10-13,18H2,1-2H3,(H2,32,33,35). The summed E-state index contributed by atoms with van der Waals surface area (Å²) < 4.78 is 0. The molecule has 2 amide bonds. The van der Waals surface area contributed by atoms with Crippen LogP contribution in [0.1, 0.15) is 32.3 Å². The number of carbonyl (C=O) groups excluding carboxylic acids is 1. The lowest BCUT2D eigenvalue weighted by atomic mass is 9.72. The second kappa shape index (κ2) is 11.2. The van der Waals surface area contributed by atoms with Crippen LogP contribution in [-0.4, -0.2) is 36.6 Å². The first kappa shape index (κ1) is 25.8. The molecule has 3 aromatic rings. The van der Waals surface area contributed by atoms with Gasteiger partial charge in [-0.15, -0.1) is 0 Å². The van der Waals surface area contributed by atoms with E-state index < -0.39 is 0 Å². The molecule has 4 nitrogen and oxygen atoms in total. The highest BCUT2D eigenvalue weighted by Crippen LogP contribution is 2.37. The summed E-state index contributed by atoms with van der Waals surface area (Å²) in [5.74, 6) is 0. The van der Waals surface area contributed by atoms with E-state index in [-0.39, 0.29) is 11.4 Å². The van der Waals surface area contributed by atoms with Crippen LogP contribution in [0.25, 0.3) is 11.1 Å². The number of benzene rings is 3. The van der Waals surface area contributed by atoms with Crippen LogP contribution in [0.3, 0.4) is 0 Å². The molecule has 184 valence electrons. The number of piperidine rings is 1. The summed E-state index contributed by atoms with van der Waals surface area (Å²) in [4.78, 5) is 15.3. The number of nitrogens with zero attached hydrogens (tertiary/aromatic N) is 1. The van der Waals surface area contributed by atoms with Crippen LogP contribution in [0.2, 0.25) is 15.1 Å². The lowest BCUT2D eigenvalue weighted by Gasteiger charge is -2.44. The molecule has 1 aliphatic heterocycles. The normalized spacial score (nSPS) is 15.7. The van der Waals surface area contributed by atoms with Gasteiger partial charge in [0, 0.05) is 38.8 Å². The lowest BCUT2D eigenvalue weighted by Crippen LogP contribution is -2.51. The molecule has 0 radical (unpaired) electrons. The fourth-order valence-corrected chi connectivity index (χ4v) is 5.49. The Bertz CT molecular complexity index is 1150. The maximum absolute atomic E-state index is 12.8. The van der Waals surface area contributed by atoms with Gasteiger partial charge in [0.05, 0.1) is 0 Å². The summed E-state index contributed by atoms with van der Waals surface area (Å²) in [7, 11) is 0. The number of rotatable bonds is 6. The average Bonchev–Trinajstić information content (AvgIpc) is 2.82. The smallest absolute Gasteiger partial charge is 0.319 e. The van der Waals surface area contributed by atoms with Crippen molar-refractivity contribution in [1.82, 2.24) is 10.2 Å². The second-order valence-electron chi connectivity index (χ2n) is 9.46. The highest BCUT2D eigenvalue weighted by molar-refractivity contribution is 6.35. The third-order valence-electron chi connectivity index (χ3n) is 6.85. The van der Waals surface area contributed by atoms with E-state index in [4.69, 9.17) is 34.8 Å². The van der Waals surface area contributed by atoms with E-state index in [0.29, 0.717) is 28.3 Å². The quantitative estimate of drug-likeness (QED) is 0.340. The summed E-state index contributed by atoms with van der Waals surface area (Å²) in [5.41, 5.74) is 3.86. The van der Waals surface area contributed by atoms with Crippen LogP contribution in [0.4, 0.5) is 10.5 Å². The van der Waals surface area contributed by atoms with Gasteiger partial charge in [-0.05, 0) is 86.8 Å². The fourth-order valence-electron chi connectivity index (χ4n) is 4.77. The maximum atomic E-state index is 12.8. The van der Waals surface area contributed by atoms with Gasteiger partial charge in [0.15, 0.2) is 0 Å². The first-order valence-corrected chi connectivity index (χ1v) is 13.0. The Kier molecular flexibility index (Phi) is 8.28. The van der Waals surface area contributed by atoms with E-state index >= 15 is 0 Å². The number of hydrogen-bond donors (Lipinski definition) is 2. The molecule has 0 bridgehead atoms. The van der Waals surface area contributed by atoms with Crippen molar-refractivity contribution >= 4 is 46.5 Å². The molecular weight excluding hydrogens is 501 g/mol. The molecule has 1 heterocycles. The minimum absolute atomic E-state index is 0.151. The largest absolute Gasteiger partial charge is 0.337 e. The van der Waals surface area contributed by atoms with Gasteiger partial charge >= 0.3 is 6.03 Å². The Balaban J connectivity index is 1.52. The Morgan fingerprint density at radius 3 is 2.14 bits per heavy atom. The van der Waals surface area contributed by atoms with Crippen molar-refractivity contribution in [3.63, 3.8) is 0 Å². The molecule has 35 heavy (non-hydrogen) atoms. The van der Waals surface area contributed by atoms with Gasteiger partial charge in [0.2, 0.25) is 0 Å². The first-order chi connectivity index (χ1) is 16.7. The topological polar surface area (TPSA) is 44.4 Å². The predicted octanol–water partition coefficient (Wildman–Crippen LogP) is 7.88. The molecule has 0 unspecified atom stereocenters. The SMILES string of the molecule is CC(C)N1CCC(CNC(=O)Nc2cc(Cl)cc(Cl)c2)(c2ccc(-c3cccc(Cl)c3)cc2)CC1. The molecule has 2 N–H and O–H groups in total. The molecule has 0 aromatic heterocycles. The minimum Gasteiger partial charge on any atom is -0.337 e. The Labute approximate surface area is 222 Å². The number of likely N-dealkylation sites (tertiary alicyclic amines) is 1. The van der Waals surface area contributed by atoms with Crippen LogP contribution in [-0.2, 0) is 5.41 Å². The first-order valence-electron chi connectivity index (χ1n) is 11.9. The van der Waals surface area contributed by atoms with Gasteiger partial charge in [0.1, 0.15) is 0 Å². The molecule has 7 heteroatoms. The van der Waals surface area contributed by atoms with E-state index in [1.807, 2.05) is 18.2 Å². The molecule has 3 aromatic carbocycles. The van der Waals surface area contributed by atoms with Gasteiger partial charge in [-0.1, -0.05) is 71.2 Å². The summed E-state index contributed by atoms with van der Waals surface area (Å²) in [5, 5.41) is 7.63. The Hall–Kier alpha value is -2.24. The van der Waals surface area contributed by atoms with Gasteiger partial charge in [-0.25, -0.2) is 4.79 Å². The Morgan fingerprint density at radius 2 is 1.54 bits per heavy atom. The van der Waals surface area contributed by atoms with Crippen LogP contribution >= 0.6 is 34.8 Å². The molecule has 0 atom stereocenters. The van der Waals surface area contributed by atoms with Gasteiger partial charge in [-0.2, -0.15) is 0 Å². The fraction of sp³-hybridized carbons (Fsp3) is 0.321. The van der Waals surface area contributed by atoms with Gasteiger partial charge in [0.25, 0.3) is 0 Å². The molecule has 1 aliphatic rings. The monoisotopic (exact) mass is 529 g/mol. The summed E-state index contributed by atoms with van der Waals surface area (Å²) in [6.07, 6.45) is 1.93. The minimum atomic E-state index is -0.274. The molecule has 1 saturated heterocycles. The number of halogens is 3. The van der Waals surface area contributed by atoms with E-state index in [2.05, 4.69) is 59.7 Å². The average molecular weight is 531 g/mol. The van der Waals surface area contributed by atoms with Gasteiger partial charge < -0.3 is 15.5 Å². The third kappa shape index (κ3) is 6.50. The predicted molar refractivity (Wildman–Crippen MR) is 148 cm³/mol. The zero-order valence-corrected chi connectivity index (χ0v) is 22.2. The van der Waals surface area contributed by atoms with Crippen LogP contribution < -0.4 is 10.6 Å². The van der Waals surface area contributed by atoms with E-state index in [1.54, 1.807) is 18.2 Å². The van der Waals surface area contributed by atoms with Crippen molar-refractivity contribution in [3.8, 4) is 11.1 Å². The number of anilines is 1. The number of carbonyl (C=O) groups is 1. The Morgan fingerprint density at radius 1 is 0.886 bits per heavy atom. The number of nitrogens with one attached hydrogen (secondary N) is 2. The van der Waals surface area contributed by atoms with Crippen molar-refractivity contribution in [3.05, 3.63) is 87.4 Å². The number of hydrogen-bond acceptors (Lipinski definition) is 2.